The maximum atomic E-state index is 9.16. The van der Waals surface area contributed by atoms with E-state index in [1.54, 1.807) is 0 Å². The van der Waals surface area contributed by atoms with E-state index in [0.717, 1.165) is 17.8 Å². The summed E-state index contributed by atoms with van der Waals surface area (Å²) in [7, 11) is 0. The second-order valence-electron chi connectivity index (χ2n) is 6.92. The van der Waals surface area contributed by atoms with Crippen LogP contribution in [-0.4, -0.2) is 11.7 Å². The van der Waals surface area contributed by atoms with Crippen molar-refractivity contribution in [1.82, 2.24) is 0 Å². The number of hydrogen-bond acceptors (Lipinski definition) is 1. The molecule has 0 heterocycles. The predicted octanol–water partition coefficient (Wildman–Crippen LogP) is 4.95. The van der Waals surface area contributed by atoms with Crippen LogP contribution >= 0.6 is 0 Å². The van der Waals surface area contributed by atoms with E-state index in [2.05, 4.69) is 19.1 Å². The van der Waals surface area contributed by atoms with Crippen molar-refractivity contribution >= 4 is 0 Å². The third-order valence-corrected chi connectivity index (χ3v) is 5.39. The number of aliphatic hydroxyl groups excluding tert-OH is 1. The third kappa shape index (κ3) is 4.95. The topological polar surface area (TPSA) is 20.2 Å². The average molecular weight is 264 g/mol. The number of rotatable bonds is 5. The molecule has 2 aliphatic rings. The molecule has 2 saturated carbocycles. The summed E-state index contributed by atoms with van der Waals surface area (Å²) in [5, 5.41) is 9.16. The van der Waals surface area contributed by atoms with Gasteiger partial charge < -0.3 is 5.11 Å². The molecule has 2 aliphatic carbocycles. The van der Waals surface area contributed by atoms with Crippen molar-refractivity contribution in [2.75, 3.05) is 6.61 Å². The molecule has 0 saturated heterocycles. The molecule has 0 bridgehead atoms. The Hall–Kier alpha value is -0.300. The smallest absolute Gasteiger partial charge is 0.0459 e. The highest BCUT2D eigenvalue weighted by Crippen LogP contribution is 2.34. The second-order valence-corrected chi connectivity index (χ2v) is 6.92. The molecule has 0 unspecified atom stereocenters. The largest absolute Gasteiger partial charge is 0.396 e. The Bertz CT molecular complexity index is 255. The SMILES string of the molecule is CCCC1CCC(/C=C/C2CCC(CO)CC2)CC1. The molecule has 1 N–H and O–H groups in total. The quantitative estimate of drug-likeness (QED) is 0.697. The van der Waals surface area contributed by atoms with E-state index >= 15 is 0 Å². The van der Waals surface area contributed by atoms with E-state index in [-0.39, 0.29) is 0 Å². The van der Waals surface area contributed by atoms with Crippen LogP contribution in [0.15, 0.2) is 12.2 Å². The average Bonchev–Trinajstić information content (AvgIpc) is 2.47. The minimum atomic E-state index is 0.401. The zero-order valence-electron chi connectivity index (χ0n) is 12.7. The Morgan fingerprint density at radius 1 is 0.789 bits per heavy atom. The summed E-state index contributed by atoms with van der Waals surface area (Å²) in [6.45, 7) is 2.71. The first kappa shape index (κ1) is 15.1. The lowest BCUT2D eigenvalue weighted by atomic mass is 9.78. The molecule has 0 spiro atoms. The van der Waals surface area contributed by atoms with Gasteiger partial charge in [0.25, 0.3) is 0 Å². The van der Waals surface area contributed by atoms with Crippen LogP contribution in [0.5, 0.6) is 0 Å². The summed E-state index contributed by atoms with van der Waals surface area (Å²) in [6, 6.07) is 0. The summed E-state index contributed by atoms with van der Waals surface area (Å²) in [4.78, 5) is 0. The van der Waals surface area contributed by atoms with Crippen LogP contribution < -0.4 is 0 Å². The van der Waals surface area contributed by atoms with E-state index in [1.807, 2.05) is 0 Å². The molecule has 0 aliphatic heterocycles. The van der Waals surface area contributed by atoms with E-state index in [9.17, 15) is 0 Å². The van der Waals surface area contributed by atoms with E-state index in [1.165, 1.54) is 64.2 Å². The van der Waals surface area contributed by atoms with Crippen molar-refractivity contribution in [3.05, 3.63) is 12.2 Å². The van der Waals surface area contributed by atoms with Crippen molar-refractivity contribution in [2.24, 2.45) is 23.7 Å². The lowest BCUT2D eigenvalue weighted by Gasteiger charge is -2.28. The zero-order chi connectivity index (χ0) is 13.5. The molecule has 0 aromatic heterocycles. The molecule has 2 rings (SSSR count). The molecule has 0 radical (unpaired) electrons. The molecule has 110 valence electrons. The summed E-state index contributed by atoms with van der Waals surface area (Å²) >= 11 is 0. The summed E-state index contributed by atoms with van der Waals surface area (Å²) in [5.41, 5.74) is 0. The first-order valence-electron chi connectivity index (χ1n) is 8.61. The molecule has 0 atom stereocenters. The van der Waals surface area contributed by atoms with Crippen LogP contribution in [0.2, 0.25) is 0 Å². The Morgan fingerprint density at radius 3 is 1.68 bits per heavy atom. The van der Waals surface area contributed by atoms with Crippen LogP contribution in [0.1, 0.15) is 71.1 Å². The first-order valence-corrected chi connectivity index (χ1v) is 8.61. The van der Waals surface area contributed by atoms with Crippen molar-refractivity contribution in [2.45, 2.75) is 71.1 Å². The van der Waals surface area contributed by atoms with Gasteiger partial charge in [-0.25, -0.2) is 0 Å². The minimum Gasteiger partial charge on any atom is -0.396 e. The van der Waals surface area contributed by atoms with Crippen molar-refractivity contribution in [3.63, 3.8) is 0 Å². The molecule has 2 fully saturated rings. The van der Waals surface area contributed by atoms with Gasteiger partial charge in [0.1, 0.15) is 0 Å². The highest BCUT2D eigenvalue weighted by atomic mass is 16.3. The number of allylic oxidation sites excluding steroid dienone is 2. The van der Waals surface area contributed by atoms with Crippen molar-refractivity contribution in [3.8, 4) is 0 Å². The fourth-order valence-electron chi connectivity index (χ4n) is 3.96. The van der Waals surface area contributed by atoms with Crippen LogP contribution in [0.25, 0.3) is 0 Å². The molecule has 0 aromatic carbocycles. The molecule has 1 heteroatoms. The van der Waals surface area contributed by atoms with Gasteiger partial charge in [0.05, 0.1) is 0 Å². The summed E-state index contributed by atoms with van der Waals surface area (Å²) in [6.07, 6.45) is 18.7. The fraction of sp³-hybridized carbons (Fsp3) is 0.889. The molecule has 0 aromatic rings. The van der Waals surface area contributed by atoms with Crippen molar-refractivity contribution < 1.29 is 5.11 Å². The van der Waals surface area contributed by atoms with Gasteiger partial charge in [-0.15, -0.1) is 0 Å². The van der Waals surface area contributed by atoms with Crippen LogP contribution in [0.4, 0.5) is 0 Å². The molecule has 0 amide bonds. The first-order chi connectivity index (χ1) is 9.31. The lowest BCUT2D eigenvalue weighted by molar-refractivity contribution is 0.177. The zero-order valence-corrected chi connectivity index (χ0v) is 12.7. The summed E-state index contributed by atoms with van der Waals surface area (Å²) in [5.74, 6) is 3.28. The van der Waals surface area contributed by atoms with Gasteiger partial charge in [-0.3, -0.25) is 0 Å². The molecule has 19 heavy (non-hydrogen) atoms. The maximum absolute atomic E-state index is 9.16. The van der Waals surface area contributed by atoms with E-state index in [0.29, 0.717) is 12.5 Å². The van der Waals surface area contributed by atoms with Gasteiger partial charge in [0.2, 0.25) is 0 Å². The van der Waals surface area contributed by atoms with Crippen molar-refractivity contribution in [1.29, 1.82) is 0 Å². The second kappa shape index (κ2) is 8.09. The molecular weight excluding hydrogens is 232 g/mol. The van der Waals surface area contributed by atoms with Crippen LogP contribution in [-0.2, 0) is 0 Å². The van der Waals surface area contributed by atoms with Gasteiger partial charge in [-0.2, -0.15) is 0 Å². The lowest BCUT2D eigenvalue weighted by Crippen LogP contribution is -2.16. The van der Waals surface area contributed by atoms with Crippen LogP contribution in [0, 0.1) is 23.7 Å². The monoisotopic (exact) mass is 264 g/mol. The van der Waals surface area contributed by atoms with Gasteiger partial charge in [-0.1, -0.05) is 31.9 Å². The Kier molecular flexibility index (Phi) is 6.43. The molecule has 1 nitrogen and oxygen atoms in total. The number of aliphatic hydroxyl groups is 1. The van der Waals surface area contributed by atoms with Gasteiger partial charge in [-0.05, 0) is 75.0 Å². The third-order valence-electron chi connectivity index (χ3n) is 5.39. The predicted molar refractivity (Wildman–Crippen MR) is 82.0 cm³/mol. The fourth-order valence-corrected chi connectivity index (χ4v) is 3.96. The Balaban J connectivity index is 1.66. The van der Waals surface area contributed by atoms with E-state index in [4.69, 9.17) is 5.11 Å². The Labute approximate surface area is 119 Å². The van der Waals surface area contributed by atoms with Gasteiger partial charge in [0, 0.05) is 6.61 Å². The highest BCUT2D eigenvalue weighted by Gasteiger charge is 2.21. The Morgan fingerprint density at radius 2 is 1.26 bits per heavy atom. The maximum Gasteiger partial charge on any atom is 0.0459 e. The van der Waals surface area contributed by atoms with E-state index < -0.39 is 0 Å². The molecular formula is C18H32O. The normalized spacial score (nSPS) is 36.7. The standard InChI is InChI=1S/C18H32O/c1-2-3-15-4-6-16(7-5-15)8-9-17-10-12-18(14-19)13-11-17/h8-9,15-19H,2-7,10-14H2,1H3/b9-8+. The van der Waals surface area contributed by atoms with Gasteiger partial charge in [0.15, 0.2) is 0 Å². The highest BCUT2D eigenvalue weighted by molar-refractivity contribution is 4.96. The minimum absolute atomic E-state index is 0.401. The van der Waals surface area contributed by atoms with Gasteiger partial charge >= 0.3 is 0 Å². The number of hydrogen-bond donors (Lipinski definition) is 1. The van der Waals surface area contributed by atoms with Crippen LogP contribution in [0.3, 0.4) is 0 Å². The summed E-state index contributed by atoms with van der Waals surface area (Å²) < 4.78 is 0.